The fourth-order valence-corrected chi connectivity index (χ4v) is 2.97. The van der Waals surface area contributed by atoms with Crippen LogP contribution in [0.5, 0.6) is 0 Å². The number of fused-ring (bicyclic) bond motifs is 1. The summed E-state index contributed by atoms with van der Waals surface area (Å²) in [6.07, 6.45) is 1.85. The lowest BCUT2D eigenvalue weighted by atomic mass is 10.1. The first-order valence-electron chi connectivity index (χ1n) is 8.73. The van der Waals surface area contributed by atoms with Gasteiger partial charge in [-0.05, 0) is 35.9 Å². The Kier molecular flexibility index (Phi) is 4.34. The lowest BCUT2D eigenvalue weighted by Gasteiger charge is -2.11. The molecule has 134 valence electrons. The van der Waals surface area contributed by atoms with Crippen molar-refractivity contribution in [3.8, 4) is 11.3 Å². The SMILES string of the molecule is CN(C)C(=O)c1ccc(Nc2cc3[nH]c(-c4ccccc4)cc3cn2)cc1. The monoisotopic (exact) mass is 356 g/mol. The Hall–Kier alpha value is -3.60. The van der Waals surface area contributed by atoms with Crippen LogP contribution >= 0.6 is 0 Å². The van der Waals surface area contributed by atoms with Gasteiger partial charge in [0.1, 0.15) is 5.82 Å². The molecule has 0 fully saturated rings. The normalized spacial score (nSPS) is 10.7. The molecule has 27 heavy (non-hydrogen) atoms. The smallest absolute Gasteiger partial charge is 0.253 e. The maximum absolute atomic E-state index is 12.0. The lowest BCUT2D eigenvalue weighted by Crippen LogP contribution is -2.21. The minimum Gasteiger partial charge on any atom is -0.354 e. The number of H-pyrrole nitrogens is 1. The van der Waals surface area contributed by atoms with E-state index in [1.807, 2.05) is 54.7 Å². The predicted molar refractivity (Wildman–Crippen MR) is 109 cm³/mol. The van der Waals surface area contributed by atoms with Gasteiger partial charge in [0, 0.05) is 48.7 Å². The highest BCUT2D eigenvalue weighted by Crippen LogP contribution is 2.26. The van der Waals surface area contributed by atoms with Crippen molar-refractivity contribution in [3.63, 3.8) is 0 Å². The highest BCUT2D eigenvalue weighted by Gasteiger charge is 2.08. The molecule has 0 unspecified atom stereocenters. The number of benzene rings is 2. The summed E-state index contributed by atoms with van der Waals surface area (Å²) in [5.41, 5.74) is 4.77. The molecule has 0 bridgehead atoms. The van der Waals surface area contributed by atoms with E-state index in [1.54, 1.807) is 19.0 Å². The molecule has 0 saturated carbocycles. The summed E-state index contributed by atoms with van der Waals surface area (Å²) in [7, 11) is 3.49. The molecule has 5 heteroatoms. The van der Waals surface area contributed by atoms with Gasteiger partial charge in [-0.3, -0.25) is 4.79 Å². The van der Waals surface area contributed by atoms with Crippen LogP contribution in [-0.4, -0.2) is 34.9 Å². The van der Waals surface area contributed by atoms with Crippen molar-refractivity contribution in [1.82, 2.24) is 14.9 Å². The number of carbonyl (C=O) groups is 1. The Morgan fingerprint density at radius 3 is 2.44 bits per heavy atom. The molecule has 0 aliphatic heterocycles. The fourth-order valence-electron chi connectivity index (χ4n) is 2.97. The number of nitrogens with zero attached hydrogens (tertiary/aromatic N) is 2. The highest BCUT2D eigenvalue weighted by molar-refractivity contribution is 5.94. The van der Waals surface area contributed by atoms with Gasteiger partial charge in [0.25, 0.3) is 5.91 Å². The molecule has 2 heterocycles. The summed E-state index contributed by atoms with van der Waals surface area (Å²) < 4.78 is 0. The first-order valence-corrected chi connectivity index (χ1v) is 8.73. The van der Waals surface area contributed by atoms with Crippen LogP contribution in [0.3, 0.4) is 0 Å². The molecular weight excluding hydrogens is 336 g/mol. The number of anilines is 2. The summed E-state index contributed by atoms with van der Waals surface area (Å²) in [5.74, 6) is 0.733. The topological polar surface area (TPSA) is 61.0 Å². The molecular formula is C22H20N4O. The number of aromatic amines is 1. The lowest BCUT2D eigenvalue weighted by molar-refractivity contribution is 0.0827. The van der Waals surface area contributed by atoms with Gasteiger partial charge in [-0.25, -0.2) is 4.98 Å². The average Bonchev–Trinajstić information content (AvgIpc) is 3.12. The number of carbonyl (C=O) groups excluding carboxylic acids is 1. The van der Waals surface area contributed by atoms with E-state index < -0.39 is 0 Å². The van der Waals surface area contributed by atoms with Crippen molar-refractivity contribution in [3.05, 3.63) is 78.5 Å². The van der Waals surface area contributed by atoms with Gasteiger partial charge in [0.05, 0.1) is 5.52 Å². The zero-order valence-corrected chi connectivity index (χ0v) is 15.2. The number of hydrogen-bond acceptors (Lipinski definition) is 3. The number of amides is 1. The Morgan fingerprint density at radius 1 is 1.00 bits per heavy atom. The molecule has 1 amide bonds. The number of pyridine rings is 1. The summed E-state index contributed by atoms with van der Waals surface area (Å²) >= 11 is 0. The van der Waals surface area contributed by atoms with Crippen molar-refractivity contribution in [2.75, 3.05) is 19.4 Å². The number of aromatic nitrogens is 2. The van der Waals surface area contributed by atoms with Gasteiger partial charge in [0.2, 0.25) is 0 Å². The Bertz CT molecular complexity index is 1080. The van der Waals surface area contributed by atoms with Crippen LogP contribution in [0.4, 0.5) is 11.5 Å². The van der Waals surface area contributed by atoms with Crippen molar-refractivity contribution >= 4 is 28.3 Å². The van der Waals surface area contributed by atoms with Crippen LogP contribution < -0.4 is 5.32 Å². The number of rotatable bonds is 4. The third kappa shape index (κ3) is 3.53. The van der Waals surface area contributed by atoms with Crippen LogP contribution in [0.1, 0.15) is 10.4 Å². The second-order valence-electron chi connectivity index (χ2n) is 6.61. The van der Waals surface area contributed by atoms with Crippen LogP contribution in [0.25, 0.3) is 22.2 Å². The van der Waals surface area contributed by atoms with E-state index in [0.29, 0.717) is 5.56 Å². The molecule has 4 aromatic rings. The van der Waals surface area contributed by atoms with Gasteiger partial charge < -0.3 is 15.2 Å². The summed E-state index contributed by atoms with van der Waals surface area (Å²) in [6, 6.07) is 21.7. The molecule has 0 radical (unpaired) electrons. The summed E-state index contributed by atoms with van der Waals surface area (Å²) in [6.45, 7) is 0. The minimum atomic E-state index is -0.0130. The molecule has 0 aliphatic carbocycles. The molecule has 5 nitrogen and oxygen atoms in total. The van der Waals surface area contributed by atoms with Crippen LogP contribution in [-0.2, 0) is 0 Å². The Balaban J connectivity index is 1.56. The average molecular weight is 356 g/mol. The first kappa shape index (κ1) is 16.8. The van der Waals surface area contributed by atoms with Crippen molar-refractivity contribution in [2.45, 2.75) is 0 Å². The molecule has 4 rings (SSSR count). The van der Waals surface area contributed by atoms with E-state index in [1.165, 1.54) is 0 Å². The van der Waals surface area contributed by atoms with Gasteiger partial charge >= 0.3 is 0 Å². The van der Waals surface area contributed by atoms with E-state index in [9.17, 15) is 4.79 Å². The van der Waals surface area contributed by atoms with Crippen molar-refractivity contribution in [1.29, 1.82) is 0 Å². The zero-order valence-electron chi connectivity index (χ0n) is 15.2. The third-order valence-electron chi connectivity index (χ3n) is 4.40. The van der Waals surface area contributed by atoms with Crippen molar-refractivity contribution in [2.24, 2.45) is 0 Å². The Labute approximate surface area is 157 Å². The first-order chi connectivity index (χ1) is 13.1. The second kappa shape index (κ2) is 6.96. The van der Waals surface area contributed by atoms with E-state index in [2.05, 4.69) is 33.5 Å². The molecule has 2 aromatic carbocycles. The molecule has 0 spiro atoms. The predicted octanol–water partition coefficient (Wildman–Crippen LogP) is 4.68. The van der Waals surface area contributed by atoms with E-state index in [0.717, 1.165) is 33.7 Å². The van der Waals surface area contributed by atoms with Crippen LogP contribution in [0.2, 0.25) is 0 Å². The van der Waals surface area contributed by atoms with Gasteiger partial charge in [-0.15, -0.1) is 0 Å². The van der Waals surface area contributed by atoms with Gasteiger partial charge in [0.15, 0.2) is 0 Å². The highest BCUT2D eigenvalue weighted by atomic mass is 16.2. The molecule has 0 atom stereocenters. The molecule has 0 aliphatic rings. The van der Waals surface area contributed by atoms with Crippen LogP contribution in [0, 0.1) is 0 Å². The standard InChI is InChI=1S/C22H20N4O/c1-26(2)22(27)16-8-10-18(11-9-16)24-21-13-20-17(14-23-21)12-19(25-20)15-6-4-3-5-7-15/h3-14,25H,1-2H3,(H,23,24). The van der Waals surface area contributed by atoms with Gasteiger partial charge in [-0.2, -0.15) is 0 Å². The van der Waals surface area contributed by atoms with E-state index >= 15 is 0 Å². The maximum atomic E-state index is 12.0. The van der Waals surface area contributed by atoms with Crippen molar-refractivity contribution < 1.29 is 4.79 Å². The van der Waals surface area contributed by atoms with Crippen LogP contribution in [0.15, 0.2) is 72.9 Å². The summed E-state index contributed by atoms with van der Waals surface area (Å²) in [5, 5.41) is 4.35. The van der Waals surface area contributed by atoms with E-state index in [-0.39, 0.29) is 5.91 Å². The largest absolute Gasteiger partial charge is 0.354 e. The number of hydrogen-bond donors (Lipinski definition) is 2. The fraction of sp³-hybridized carbons (Fsp3) is 0.0909. The van der Waals surface area contributed by atoms with Gasteiger partial charge in [-0.1, -0.05) is 30.3 Å². The second-order valence-corrected chi connectivity index (χ2v) is 6.61. The maximum Gasteiger partial charge on any atom is 0.253 e. The Morgan fingerprint density at radius 2 is 1.74 bits per heavy atom. The van der Waals surface area contributed by atoms with E-state index in [4.69, 9.17) is 0 Å². The number of nitrogens with one attached hydrogen (secondary N) is 2. The third-order valence-corrected chi connectivity index (χ3v) is 4.40. The molecule has 2 aromatic heterocycles. The summed E-state index contributed by atoms with van der Waals surface area (Å²) in [4.78, 5) is 21.5. The molecule has 2 N–H and O–H groups in total. The zero-order chi connectivity index (χ0) is 18.8. The molecule has 0 saturated heterocycles. The quantitative estimate of drug-likeness (QED) is 0.558. The minimum absolute atomic E-state index is 0.0130.